The summed E-state index contributed by atoms with van der Waals surface area (Å²) >= 11 is 0. The van der Waals surface area contributed by atoms with Crippen LogP contribution in [0.4, 0.5) is 11.4 Å². The third-order valence-electron chi connectivity index (χ3n) is 2.47. The Kier molecular flexibility index (Phi) is 3.56. The van der Waals surface area contributed by atoms with Gasteiger partial charge in [-0.25, -0.2) is 0 Å². The number of nitro groups is 1. The van der Waals surface area contributed by atoms with E-state index in [9.17, 15) is 10.1 Å². The van der Waals surface area contributed by atoms with Crippen LogP contribution in [0.25, 0.3) is 0 Å². The van der Waals surface area contributed by atoms with E-state index in [2.05, 4.69) is 0 Å². The summed E-state index contributed by atoms with van der Waals surface area (Å²) in [5, 5.41) is 10.6. The standard InChI is InChI=1S/C9H11N3O3.ClH/c10-6-3-4-15-9-5(6)1-2-7(8(9)11)12(13)14;/h1-2,6H,3-4,10-11H2;1H/t6-;/m0./s1. The lowest BCUT2D eigenvalue weighted by atomic mass is 10.00. The molecule has 0 unspecified atom stereocenters. The van der Waals surface area contributed by atoms with Crippen molar-refractivity contribution in [2.45, 2.75) is 12.5 Å². The SMILES string of the molecule is Cl.Nc1c([N+](=O)[O-])ccc2c1OCC[C@@H]2N. The van der Waals surface area contributed by atoms with Crippen LogP contribution in [0, 0.1) is 10.1 Å². The van der Waals surface area contributed by atoms with E-state index in [1.165, 1.54) is 6.07 Å². The van der Waals surface area contributed by atoms with Gasteiger partial charge in [0.05, 0.1) is 11.5 Å². The van der Waals surface area contributed by atoms with Crippen molar-refractivity contribution in [3.05, 3.63) is 27.8 Å². The molecule has 0 fully saturated rings. The second-order valence-corrected chi connectivity index (χ2v) is 3.42. The molecule has 0 aliphatic carbocycles. The second kappa shape index (κ2) is 4.54. The van der Waals surface area contributed by atoms with E-state index in [0.717, 1.165) is 5.56 Å². The van der Waals surface area contributed by atoms with Crippen molar-refractivity contribution in [1.82, 2.24) is 0 Å². The molecule has 2 rings (SSSR count). The molecule has 16 heavy (non-hydrogen) atoms. The summed E-state index contributed by atoms with van der Waals surface area (Å²) in [6.45, 7) is 0.444. The number of hydrogen-bond donors (Lipinski definition) is 2. The molecule has 1 aromatic carbocycles. The monoisotopic (exact) mass is 245 g/mol. The Balaban J connectivity index is 0.00000128. The maximum atomic E-state index is 10.6. The number of anilines is 1. The first-order valence-electron chi connectivity index (χ1n) is 4.56. The van der Waals surface area contributed by atoms with Gasteiger partial charge >= 0.3 is 0 Å². The first kappa shape index (κ1) is 12.5. The lowest BCUT2D eigenvalue weighted by Crippen LogP contribution is -2.21. The highest BCUT2D eigenvalue weighted by Crippen LogP contribution is 2.40. The van der Waals surface area contributed by atoms with Crippen LogP contribution < -0.4 is 16.2 Å². The van der Waals surface area contributed by atoms with E-state index < -0.39 is 4.92 Å². The fourth-order valence-electron chi connectivity index (χ4n) is 1.66. The first-order chi connectivity index (χ1) is 7.11. The number of ether oxygens (including phenoxy) is 1. The fraction of sp³-hybridized carbons (Fsp3) is 0.333. The summed E-state index contributed by atoms with van der Waals surface area (Å²) in [6.07, 6.45) is 0.699. The molecular weight excluding hydrogens is 234 g/mol. The van der Waals surface area contributed by atoms with Gasteiger partial charge in [-0.1, -0.05) is 0 Å². The number of nitrogens with two attached hydrogens (primary N) is 2. The number of halogens is 1. The van der Waals surface area contributed by atoms with Gasteiger partial charge in [0.15, 0.2) is 11.4 Å². The minimum absolute atomic E-state index is 0. The lowest BCUT2D eigenvalue weighted by Gasteiger charge is -2.23. The van der Waals surface area contributed by atoms with Gasteiger partial charge in [-0.05, 0) is 6.07 Å². The Morgan fingerprint density at radius 1 is 1.50 bits per heavy atom. The summed E-state index contributed by atoms with van der Waals surface area (Å²) in [4.78, 5) is 10.1. The number of benzene rings is 1. The molecule has 0 aromatic heterocycles. The fourth-order valence-corrected chi connectivity index (χ4v) is 1.66. The van der Waals surface area contributed by atoms with E-state index in [-0.39, 0.29) is 29.8 Å². The van der Waals surface area contributed by atoms with Gasteiger partial charge < -0.3 is 16.2 Å². The molecule has 0 bridgehead atoms. The molecular formula is C9H12ClN3O3. The molecule has 0 amide bonds. The summed E-state index contributed by atoms with van der Waals surface area (Å²) in [7, 11) is 0. The largest absolute Gasteiger partial charge is 0.491 e. The van der Waals surface area contributed by atoms with Gasteiger partial charge in [-0.15, -0.1) is 12.4 Å². The highest BCUT2D eigenvalue weighted by Gasteiger charge is 2.25. The number of rotatable bonds is 1. The van der Waals surface area contributed by atoms with Crippen molar-refractivity contribution in [2.75, 3.05) is 12.3 Å². The zero-order valence-corrected chi connectivity index (χ0v) is 9.20. The molecule has 7 heteroatoms. The molecule has 1 aromatic rings. The van der Waals surface area contributed by atoms with Crippen molar-refractivity contribution in [3.8, 4) is 5.75 Å². The van der Waals surface area contributed by atoms with Crippen LogP contribution in [0.2, 0.25) is 0 Å². The van der Waals surface area contributed by atoms with Gasteiger partial charge in [0.1, 0.15) is 0 Å². The van der Waals surface area contributed by atoms with Crippen molar-refractivity contribution < 1.29 is 9.66 Å². The summed E-state index contributed by atoms with van der Waals surface area (Å²) in [5.74, 6) is 0.364. The lowest BCUT2D eigenvalue weighted by molar-refractivity contribution is -0.384. The maximum absolute atomic E-state index is 10.6. The molecule has 0 radical (unpaired) electrons. The van der Waals surface area contributed by atoms with Gasteiger partial charge in [0, 0.05) is 24.1 Å². The third kappa shape index (κ3) is 1.89. The predicted molar refractivity (Wildman–Crippen MR) is 61.8 cm³/mol. The molecule has 0 spiro atoms. The Hall–Kier alpha value is -1.53. The van der Waals surface area contributed by atoms with Crippen LogP contribution in [0.3, 0.4) is 0 Å². The van der Waals surface area contributed by atoms with E-state index in [1.807, 2.05) is 0 Å². The highest BCUT2D eigenvalue weighted by atomic mass is 35.5. The smallest absolute Gasteiger partial charge is 0.295 e. The number of fused-ring (bicyclic) bond motifs is 1. The topological polar surface area (TPSA) is 104 Å². The van der Waals surface area contributed by atoms with Gasteiger partial charge in [0.2, 0.25) is 0 Å². The Labute approximate surface area is 98.1 Å². The third-order valence-corrected chi connectivity index (χ3v) is 2.47. The van der Waals surface area contributed by atoms with Crippen molar-refractivity contribution >= 4 is 23.8 Å². The summed E-state index contributed by atoms with van der Waals surface area (Å²) in [6, 6.07) is 2.81. The van der Waals surface area contributed by atoms with Crippen LogP contribution in [-0.2, 0) is 0 Å². The van der Waals surface area contributed by atoms with Crippen LogP contribution in [0.5, 0.6) is 5.75 Å². The Bertz CT molecular complexity index is 425. The second-order valence-electron chi connectivity index (χ2n) is 3.42. The minimum Gasteiger partial charge on any atom is -0.491 e. The Morgan fingerprint density at radius 3 is 2.81 bits per heavy atom. The molecule has 1 heterocycles. The average Bonchev–Trinajstić information content (AvgIpc) is 2.19. The predicted octanol–water partition coefficient (Wildman–Crippen LogP) is 1.38. The van der Waals surface area contributed by atoms with E-state index in [4.69, 9.17) is 16.2 Å². The summed E-state index contributed by atoms with van der Waals surface area (Å²) < 4.78 is 5.31. The van der Waals surface area contributed by atoms with Crippen LogP contribution in [0.1, 0.15) is 18.0 Å². The number of nitro benzene ring substituents is 1. The molecule has 0 saturated heterocycles. The van der Waals surface area contributed by atoms with Crippen LogP contribution in [0.15, 0.2) is 12.1 Å². The van der Waals surface area contributed by atoms with Crippen molar-refractivity contribution in [2.24, 2.45) is 5.73 Å². The number of hydrogen-bond acceptors (Lipinski definition) is 5. The normalized spacial score (nSPS) is 17.9. The van der Waals surface area contributed by atoms with Crippen LogP contribution in [-0.4, -0.2) is 11.5 Å². The molecule has 1 atom stereocenters. The maximum Gasteiger partial charge on any atom is 0.295 e. The van der Waals surface area contributed by atoms with Gasteiger partial charge in [0.25, 0.3) is 5.69 Å². The van der Waals surface area contributed by atoms with Gasteiger partial charge in [-0.2, -0.15) is 0 Å². The average molecular weight is 246 g/mol. The van der Waals surface area contributed by atoms with Crippen LogP contribution >= 0.6 is 12.4 Å². The molecule has 1 aliphatic heterocycles. The van der Waals surface area contributed by atoms with E-state index in [0.29, 0.717) is 18.8 Å². The zero-order chi connectivity index (χ0) is 11.0. The van der Waals surface area contributed by atoms with Gasteiger partial charge in [-0.3, -0.25) is 10.1 Å². The molecule has 0 saturated carbocycles. The number of nitrogens with zero attached hydrogens (tertiary/aromatic N) is 1. The number of nitrogen functional groups attached to an aromatic ring is 1. The molecule has 1 aliphatic rings. The zero-order valence-electron chi connectivity index (χ0n) is 8.38. The highest BCUT2D eigenvalue weighted by molar-refractivity contribution is 5.85. The van der Waals surface area contributed by atoms with E-state index >= 15 is 0 Å². The summed E-state index contributed by atoms with van der Waals surface area (Å²) in [5.41, 5.74) is 12.1. The minimum atomic E-state index is -0.529. The molecule has 4 N–H and O–H groups in total. The first-order valence-corrected chi connectivity index (χ1v) is 4.56. The van der Waals surface area contributed by atoms with Crippen molar-refractivity contribution in [3.63, 3.8) is 0 Å². The molecule has 88 valence electrons. The van der Waals surface area contributed by atoms with E-state index in [1.54, 1.807) is 6.07 Å². The van der Waals surface area contributed by atoms with Crippen molar-refractivity contribution in [1.29, 1.82) is 0 Å². The Morgan fingerprint density at radius 2 is 2.19 bits per heavy atom. The quantitative estimate of drug-likeness (QED) is 0.442. The molecule has 6 nitrogen and oxygen atoms in total.